The molecular formula is C18H15Cl2N3. The van der Waals surface area contributed by atoms with Gasteiger partial charge in [-0.05, 0) is 49.2 Å². The van der Waals surface area contributed by atoms with Gasteiger partial charge >= 0.3 is 0 Å². The third kappa shape index (κ3) is 3.63. The molecule has 2 aromatic carbocycles. The summed E-state index contributed by atoms with van der Waals surface area (Å²) in [5, 5.41) is 6.36. The number of fused-ring (bicyclic) bond motifs is 1. The highest BCUT2D eigenvalue weighted by molar-refractivity contribution is 6.32. The number of nitrogens with zero attached hydrogens (tertiary/aromatic N) is 2. The summed E-state index contributed by atoms with van der Waals surface area (Å²) in [6.45, 7) is 3.98. The van der Waals surface area contributed by atoms with Crippen molar-refractivity contribution < 1.29 is 0 Å². The number of pyridine rings is 1. The molecular weight excluding hydrogens is 329 g/mol. The molecule has 0 bridgehead atoms. The summed E-state index contributed by atoms with van der Waals surface area (Å²) in [6.07, 6.45) is 1.66. The summed E-state index contributed by atoms with van der Waals surface area (Å²) in [4.78, 5) is 4.41. The van der Waals surface area contributed by atoms with Crippen LogP contribution in [-0.4, -0.2) is 11.2 Å². The second-order valence-electron chi connectivity index (χ2n) is 5.40. The molecule has 3 nitrogen and oxygen atoms in total. The number of benzene rings is 2. The Morgan fingerprint density at radius 1 is 1.04 bits per heavy atom. The van der Waals surface area contributed by atoms with Crippen molar-refractivity contribution in [3.8, 4) is 0 Å². The highest BCUT2D eigenvalue weighted by Crippen LogP contribution is 2.21. The number of nitrogens with one attached hydrogen (secondary N) is 1. The summed E-state index contributed by atoms with van der Waals surface area (Å²) in [5.74, 6) is 0. The minimum absolute atomic E-state index is 0.426. The first kappa shape index (κ1) is 15.8. The van der Waals surface area contributed by atoms with E-state index in [1.165, 1.54) is 0 Å². The Hall–Kier alpha value is -2.10. The van der Waals surface area contributed by atoms with Gasteiger partial charge in [0, 0.05) is 16.0 Å². The van der Waals surface area contributed by atoms with Gasteiger partial charge in [0.1, 0.15) is 5.15 Å². The van der Waals surface area contributed by atoms with Gasteiger partial charge in [0.2, 0.25) is 0 Å². The molecule has 3 rings (SSSR count). The van der Waals surface area contributed by atoms with E-state index in [9.17, 15) is 0 Å². The summed E-state index contributed by atoms with van der Waals surface area (Å²) in [7, 11) is 0. The number of aromatic nitrogens is 1. The summed E-state index contributed by atoms with van der Waals surface area (Å²) >= 11 is 12.3. The van der Waals surface area contributed by atoms with Crippen molar-refractivity contribution in [1.29, 1.82) is 0 Å². The fraction of sp³-hybridized carbons (Fsp3) is 0.111. The molecule has 0 fully saturated rings. The first-order valence-corrected chi connectivity index (χ1v) is 7.91. The number of aryl methyl sites for hydroxylation is 2. The topological polar surface area (TPSA) is 37.3 Å². The van der Waals surface area contributed by atoms with Gasteiger partial charge in [-0.25, -0.2) is 4.98 Å². The predicted molar refractivity (Wildman–Crippen MR) is 98.9 cm³/mol. The van der Waals surface area contributed by atoms with E-state index in [4.69, 9.17) is 23.2 Å². The Labute approximate surface area is 145 Å². The zero-order valence-electron chi connectivity index (χ0n) is 12.8. The fourth-order valence-corrected chi connectivity index (χ4v) is 2.57. The van der Waals surface area contributed by atoms with Gasteiger partial charge in [0.05, 0.1) is 17.4 Å². The van der Waals surface area contributed by atoms with Gasteiger partial charge in [-0.2, -0.15) is 5.10 Å². The Morgan fingerprint density at radius 3 is 2.65 bits per heavy atom. The average Bonchev–Trinajstić information content (AvgIpc) is 2.51. The zero-order valence-corrected chi connectivity index (χ0v) is 14.3. The number of hydrogen-bond acceptors (Lipinski definition) is 3. The molecule has 1 aromatic heterocycles. The SMILES string of the molecule is Cc1ccc2cc(/C=N\Nc3ccc(C)c(Cl)c3)c(Cl)nc2c1. The second kappa shape index (κ2) is 6.57. The van der Waals surface area contributed by atoms with E-state index in [1.807, 2.05) is 56.3 Å². The molecule has 3 aromatic rings. The van der Waals surface area contributed by atoms with Crippen molar-refractivity contribution >= 4 is 46.0 Å². The molecule has 5 heteroatoms. The van der Waals surface area contributed by atoms with Gasteiger partial charge in [0.15, 0.2) is 0 Å². The highest BCUT2D eigenvalue weighted by Gasteiger charge is 2.03. The Balaban J connectivity index is 1.84. The van der Waals surface area contributed by atoms with Crippen molar-refractivity contribution in [3.63, 3.8) is 0 Å². The van der Waals surface area contributed by atoms with Crippen LogP contribution in [0.2, 0.25) is 10.2 Å². The van der Waals surface area contributed by atoms with Crippen LogP contribution in [0.1, 0.15) is 16.7 Å². The minimum Gasteiger partial charge on any atom is -0.278 e. The van der Waals surface area contributed by atoms with Crippen LogP contribution in [0.15, 0.2) is 47.6 Å². The second-order valence-corrected chi connectivity index (χ2v) is 6.16. The van der Waals surface area contributed by atoms with E-state index in [1.54, 1.807) is 6.21 Å². The number of halogens is 2. The molecule has 0 atom stereocenters. The van der Waals surface area contributed by atoms with Crippen LogP contribution < -0.4 is 5.43 Å². The lowest BCUT2D eigenvalue weighted by atomic mass is 10.1. The maximum atomic E-state index is 6.23. The maximum absolute atomic E-state index is 6.23. The lowest BCUT2D eigenvalue weighted by Gasteiger charge is -2.04. The summed E-state index contributed by atoms with van der Waals surface area (Å²) < 4.78 is 0. The summed E-state index contributed by atoms with van der Waals surface area (Å²) in [5.41, 5.74) is 7.58. The van der Waals surface area contributed by atoms with E-state index >= 15 is 0 Å². The first-order chi connectivity index (χ1) is 11.0. The Morgan fingerprint density at radius 2 is 1.87 bits per heavy atom. The zero-order chi connectivity index (χ0) is 16.4. The molecule has 0 aliphatic carbocycles. The van der Waals surface area contributed by atoms with E-state index in [-0.39, 0.29) is 0 Å². The predicted octanol–water partition coefficient (Wildman–Crippen LogP) is 5.60. The molecule has 1 heterocycles. The molecule has 0 spiro atoms. The molecule has 1 N–H and O–H groups in total. The maximum Gasteiger partial charge on any atom is 0.138 e. The fourth-order valence-electron chi connectivity index (χ4n) is 2.20. The standard InChI is InChI=1S/C18H15Cl2N3/c1-11-3-5-13-8-14(18(20)22-17(13)7-11)10-21-23-15-6-4-12(2)16(19)9-15/h3-10,23H,1-2H3/b21-10-. The van der Waals surface area contributed by atoms with Crippen LogP contribution in [-0.2, 0) is 0 Å². The lowest BCUT2D eigenvalue weighted by molar-refractivity contribution is 1.33. The van der Waals surface area contributed by atoms with E-state index in [0.29, 0.717) is 10.2 Å². The van der Waals surface area contributed by atoms with Crippen molar-refractivity contribution in [2.24, 2.45) is 5.10 Å². The third-order valence-corrected chi connectivity index (χ3v) is 4.23. The highest BCUT2D eigenvalue weighted by atomic mass is 35.5. The smallest absolute Gasteiger partial charge is 0.138 e. The molecule has 116 valence electrons. The van der Waals surface area contributed by atoms with Gasteiger partial charge in [-0.1, -0.05) is 41.4 Å². The van der Waals surface area contributed by atoms with Crippen LogP contribution >= 0.6 is 23.2 Å². The van der Waals surface area contributed by atoms with Gasteiger partial charge in [-0.15, -0.1) is 0 Å². The molecule has 0 amide bonds. The van der Waals surface area contributed by atoms with E-state index in [0.717, 1.165) is 33.3 Å². The monoisotopic (exact) mass is 343 g/mol. The number of anilines is 1. The van der Waals surface area contributed by atoms with Gasteiger partial charge in [0.25, 0.3) is 0 Å². The van der Waals surface area contributed by atoms with Crippen LogP contribution in [0.3, 0.4) is 0 Å². The summed E-state index contributed by atoms with van der Waals surface area (Å²) in [6, 6.07) is 13.7. The van der Waals surface area contributed by atoms with Crippen LogP contribution in [0, 0.1) is 13.8 Å². The number of hydrazone groups is 1. The molecule has 0 unspecified atom stereocenters. The molecule has 0 aliphatic rings. The molecule has 0 radical (unpaired) electrons. The Bertz CT molecular complexity index is 904. The van der Waals surface area contributed by atoms with Crippen LogP contribution in [0.25, 0.3) is 10.9 Å². The quantitative estimate of drug-likeness (QED) is 0.381. The van der Waals surface area contributed by atoms with E-state index < -0.39 is 0 Å². The lowest BCUT2D eigenvalue weighted by Crippen LogP contribution is -1.94. The van der Waals surface area contributed by atoms with Crippen molar-refractivity contribution in [2.75, 3.05) is 5.43 Å². The van der Waals surface area contributed by atoms with Crippen LogP contribution in [0.5, 0.6) is 0 Å². The molecule has 0 saturated carbocycles. The molecule has 0 saturated heterocycles. The van der Waals surface area contributed by atoms with Gasteiger partial charge in [-0.3, -0.25) is 5.43 Å². The van der Waals surface area contributed by atoms with Crippen molar-refractivity contribution in [2.45, 2.75) is 13.8 Å². The largest absolute Gasteiger partial charge is 0.278 e. The minimum atomic E-state index is 0.426. The van der Waals surface area contributed by atoms with Crippen LogP contribution in [0.4, 0.5) is 5.69 Å². The van der Waals surface area contributed by atoms with Crippen molar-refractivity contribution in [1.82, 2.24) is 4.98 Å². The molecule has 23 heavy (non-hydrogen) atoms. The third-order valence-electron chi connectivity index (χ3n) is 3.52. The number of rotatable bonds is 3. The Kier molecular flexibility index (Phi) is 4.51. The first-order valence-electron chi connectivity index (χ1n) is 7.15. The number of hydrogen-bond donors (Lipinski definition) is 1. The average molecular weight is 344 g/mol. The van der Waals surface area contributed by atoms with E-state index in [2.05, 4.69) is 15.5 Å². The van der Waals surface area contributed by atoms with Crippen molar-refractivity contribution in [3.05, 3.63) is 69.3 Å². The normalized spacial score (nSPS) is 11.3. The molecule has 0 aliphatic heterocycles. The van der Waals surface area contributed by atoms with Gasteiger partial charge < -0.3 is 0 Å².